The van der Waals surface area contributed by atoms with E-state index in [1.807, 2.05) is 0 Å². The SMILES string of the molecule is C[Si](C)(C)O[Si](C)(C1=CC=C2C=CC=CC21)C1C=Cc2ccccc21. The molecule has 1 aromatic rings. The molecular weight excluding hydrogens is 336 g/mol. The van der Waals surface area contributed by atoms with Gasteiger partial charge in [-0.05, 0) is 48.1 Å². The van der Waals surface area contributed by atoms with Crippen molar-refractivity contribution < 1.29 is 4.12 Å². The Bertz CT molecular complexity index is 851. The Balaban J connectivity index is 1.79. The molecular formula is C22H26OSi2. The lowest BCUT2D eigenvalue weighted by Crippen LogP contribution is -2.51. The van der Waals surface area contributed by atoms with Gasteiger partial charge in [0.05, 0.1) is 0 Å². The van der Waals surface area contributed by atoms with E-state index >= 15 is 0 Å². The Morgan fingerprint density at radius 2 is 1.68 bits per heavy atom. The zero-order valence-corrected chi connectivity index (χ0v) is 17.5. The molecule has 3 aliphatic rings. The van der Waals surface area contributed by atoms with E-state index in [9.17, 15) is 0 Å². The summed E-state index contributed by atoms with van der Waals surface area (Å²) >= 11 is 0. The topological polar surface area (TPSA) is 9.23 Å². The molecule has 128 valence electrons. The molecule has 3 atom stereocenters. The molecule has 1 nitrogen and oxygen atoms in total. The standard InChI is InChI=1S/C22H26OSi2/c1-24(2,3)23-25(4,21-15-13-17-9-5-7-11-19(17)21)22-16-14-18-10-6-8-12-20(18)22/h5-16,19,22H,1-4H3. The van der Waals surface area contributed by atoms with Gasteiger partial charge in [0.2, 0.25) is 8.32 Å². The number of allylic oxidation sites excluding steroid dienone is 9. The first-order chi connectivity index (χ1) is 11.9. The minimum absolute atomic E-state index is 0.397. The summed E-state index contributed by atoms with van der Waals surface area (Å²) in [6.07, 6.45) is 18.3. The van der Waals surface area contributed by atoms with E-state index in [1.165, 1.54) is 21.9 Å². The van der Waals surface area contributed by atoms with E-state index in [0.29, 0.717) is 11.5 Å². The third-order valence-electron chi connectivity index (χ3n) is 5.34. The van der Waals surface area contributed by atoms with Gasteiger partial charge in [0, 0.05) is 11.5 Å². The zero-order valence-electron chi connectivity index (χ0n) is 15.5. The molecule has 0 saturated carbocycles. The summed E-state index contributed by atoms with van der Waals surface area (Å²) in [6, 6.07) is 8.82. The van der Waals surface area contributed by atoms with Crippen molar-refractivity contribution in [1.82, 2.24) is 0 Å². The number of rotatable bonds is 4. The molecule has 0 aliphatic heterocycles. The first kappa shape index (κ1) is 16.8. The second kappa shape index (κ2) is 5.94. The summed E-state index contributed by atoms with van der Waals surface area (Å²) in [5.74, 6) is 0.402. The zero-order chi connectivity index (χ0) is 17.7. The van der Waals surface area contributed by atoms with Crippen molar-refractivity contribution >= 4 is 22.7 Å². The van der Waals surface area contributed by atoms with Crippen LogP contribution >= 0.6 is 0 Å². The Hall–Kier alpha value is -1.69. The van der Waals surface area contributed by atoms with Crippen LogP contribution in [0.5, 0.6) is 0 Å². The molecule has 0 spiro atoms. The van der Waals surface area contributed by atoms with E-state index in [-0.39, 0.29) is 0 Å². The molecule has 0 heterocycles. The molecule has 0 N–H and O–H groups in total. The first-order valence-corrected chi connectivity index (χ1v) is 15.0. The van der Waals surface area contributed by atoms with Gasteiger partial charge in [-0.15, -0.1) is 0 Å². The lowest BCUT2D eigenvalue weighted by Gasteiger charge is -2.42. The van der Waals surface area contributed by atoms with Crippen molar-refractivity contribution in [1.29, 1.82) is 0 Å². The molecule has 0 aromatic heterocycles. The highest BCUT2D eigenvalue weighted by molar-refractivity contribution is 6.90. The average Bonchev–Trinajstić information content (AvgIpc) is 3.18. The molecule has 3 unspecified atom stereocenters. The van der Waals surface area contributed by atoms with E-state index in [1.54, 1.807) is 0 Å². The Morgan fingerprint density at radius 1 is 0.880 bits per heavy atom. The van der Waals surface area contributed by atoms with Gasteiger partial charge in [-0.3, -0.25) is 0 Å². The van der Waals surface area contributed by atoms with Crippen LogP contribution in [-0.2, 0) is 4.12 Å². The minimum atomic E-state index is -2.18. The van der Waals surface area contributed by atoms with E-state index < -0.39 is 16.6 Å². The van der Waals surface area contributed by atoms with Crippen LogP contribution in [0.3, 0.4) is 0 Å². The molecule has 4 rings (SSSR count). The summed E-state index contributed by atoms with van der Waals surface area (Å²) in [5.41, 5.74) is 4.61. The van der Waals surface area contributed by atoms with Gasteiger partial charge >= 0.3 is 0 Å². The first-order valence-electron chi connectivity index (χ1n) is 9.13. The van der Waals surface area contributed by atoms with Crippen LogP contribution in [0.25, 0.3) is 6.08 Å². The van der Waals surface area contributed by atoms with E-state index in [2.05, 4.69) is 99.1 Å². The van der Waals surface area contributed by atoms with Gasteiger partial charge in [0.15, 0.2) is 8.32 Å². The highest BCUT2D eigenvalue weighted by atomic mass is 28.4. The Labute approximate surface area is 153 Å². The smallest absolute Gasteiger partial charge is 0.217 e. The van der Waals surface area contributed by atoms with Crippen LogP contribution < -0.4 is 0 Å². The summed E-state index contributed by atoms with van der Waals surface area (Å²) < 4.78 is 7.07. The van der Waals surface area contributed by atoms with Crippen molar-refractivity contribution in [3.05, 3.63) is 88.7 Å². The van der Waals surface area contributed by atoms with Crippen molar-refractivity contribution in [3.63, 3.8) is 0 Å². The van der Waals surface area contributed by atoms with Crippen LogP contribution in [0.15, 0.2) is 77.6 Å². The largest absolute Gasteiger partial charge is 0.452 e. The van der Waals surface area contributed by atoms with E-state index in [0.717, 1.165) is 0 Å². The normalized spacial score (nSPS) is 26.1. The molecule has 0 saturated heterocycles. The fourth-order valence-electron chi connectivity index (χ4n) is 4.43. The lowest BCUT2D eigenvalue weighted by atomic mass is 9.98. The molecule has 1 aromatic carbocycles. The quantitative estimate of drug-likeness (QED) is 0.605. The predicted octanol–water partition coefficient (Wildman–Crippen LogP) is 5.91. The highest BCUT2D eigenvalue weighted by Crippen LogP contribution is 2.47. The van der Waals surface area contributed by atoms with Crippen molar-refractivity contribution in [3.8, 4) is 0 Å². The maximum absolute atomic E-state index is 7.07. The third-order valence-corrected chi connectivity index (χ3v) is 12.8. The summed E-state index contributed by atoms with van der Waals surface area (Å²) in [6.45, 7) is 9.41. The minimum Gasteiger partial charge on any atom is -0.452 e. The summed E-state index contributed by atoms with van der Waals surface area (Å²) in [5, 5.41) is 1.52. The number of benzene rings is 1. The fraction of sp³-hybridized carbons (Fsp3) is 0.273. The number of hydrogen-bond donors (Lipinski definition) is 0. The second-order valence-electron chi connectivity index (χ2n) is 8.30. The molecule has 25 heavy (non-hydrogen) atoms. The van der Waals surface area contributed by atoms with Gasteiger partial charge in [0.1, 0.15) is 0 Å². The molecule has 0 amide bonds. The van der Waals surface area contributed by atoms with Gasteiger partial charge in [-0.2, -0.15) is 0 Å². The maximum Gasteiger partial charge on any atom is 0.217 e. The van der Waals surface area contributed by atoms with Crippen LogP contribution in [-0.4, -0.2) is 16.6 Å². The predicted molar refractivity (Wildman–Crippen MR) is 112 cm³/mol. The van der Waals surface area contributed by atoms with Crippen molar-refractivity contribution in [2.24, 2.45) is 5.92 Å². The fourth-order valence-corrected chi connectivity index (χ4v) is 13.5. The van der Waals surface area contributed by atoms with Crippen LogP contribution in [0.4, 0.5) is 0 Å². The lowest BCUT2D eigenvalue weighted by molar-refractivity contribution is 0.537. The van der Waals surface area contributed by atoms with Gasteiger partial charge in [-0.1, -0.05) is 72.9 Å². The second-order valence-corrected chi connectivity index (χ2v) is 16.8. The van der Waals surface area contributed by atoms with Gasteiger partial charge in [0.25, 0.3) is 0 Å². The maximum atomic E-state index is 7.07. The van der Waals surface area contributed by atoms with Crippen LogP contribution in [0, 0.1) is 5.92 Å². The Kier molecular flexibility index (Phi) is 3.98. The van der Waals surface area contributed by atoms with E-state index in [4.69, 9.17) is 4.12 Å². The Morgan fingerprint density at radius 3 is 2.48 bits per heavy atom. The molecule has 3 heteroatoms. The van der Waals surface area contributed by atoms with Gasteiger partial charge in [-0.25, -0.2) is 0 Å². The van der Waals surface area contributed by atoms with Crippen molar-refractivity contribution in [2.45, 2.75) is 31.7 Å². The molecule has 3 aliphatic carbocycles. The molecule has 0 bridgehead atoms. The monoisotopic (exact) mass is 362 g/mol. The third kappa shape index (κ3) is 2.90. The molecule has 0 fully saturated rings. The summed E-state index contributed by atoms with van der Waals surface area (Å²) in [7, 11) is -3.86. The highest BCUT2D eigenvalue weighted by Gasteiger charge is 2.49. The van der Waals surface area contributed by atoms with Crippen LogP contribution in [0.2, 0.25) is 26.2 Å². The van der Waals surface area contributed by atoms with Gasteiger partial charge < -0.3 is 4.12 Å². The number of fused-ring (bicyclic) bond motifs is 2. The molecule has 0 radical (unpaired) electrons. The summed E-state index contributed by atoms with van der Waals surface area (Å²) in [4.78, 5) is 0. The van der Waals surface area contributed by atoms with Crippen LogP contribution in [0.1, 0.15) is 16.7 Å². The number of hydrogen-bond acceptors (Lipinski definition) is 1. The average molecular weight is 363 g/mol. The van der Waals surface area contributed by atoms with Crippen molar-refractivity contribution in [2.75, 3.05) is 0 Å².